The Morgan fingerprint density at radius 1 is 0.938 bits per heavy atom. The van der Waals surface area contributed by atoms with Crippen molar-refractivity contribution < 1.29 is 77.1 Å². The number of aliphatic hydroxyl groups excluding tert-OH is 1. The minimum atomic E-state index is -1.59. The maximum absolute atomic E-state index is 14.8. The van der Waals surface area contributed by atoms with Gasteiger partial charge in [0.1, 0.15) is 23.9 Å². The highest BCUT2D eigenvalue weighted by Gasteiger charge is 2.58. The zero-order valence-corrected chi connectivity index (χ0v) is 50.7. The van der Waals surface area contributed by atoms with Gasteiger partial charge in [0, 0.05) is 75.3 Å². The highest BCUT2D eigenvalue weighted by molar-refractivity contribution is 6.34. The van der Waals surface area contributed by atoms with Crippen LogP contribution in [-0.4, -0.2) is 212 Å². The van der Waals surface area contributed by atoms with Crippen LogP contribution in [0.5, 0.6) is 0 Å². The molecular weight excluding hydrogens is 1070 g/mol. The zero-order chi connectivity index (χ0) is 59.5. The average Bonchev–Trinajstić information content (AvgIpc) is 4.26. The van der Waals surface area contributed by atoms with E-state index in [0.717, 1.165) is 12.8 Å². The maximum atomic E-state index is 14.8. The Labute approximate surface area is 481 Å². The number of halogens is 1. The Hall–Kier alpha value is -3.75. The van der Waals surface area contributed by atoms with E-state index >= 15 is 0 Å². The first kappa shape index (κ1) is 64.8. The van der Waals surface area contributed by atoms with Crippen LogP contribution in [0.15, 0.2) is 23.1 Å². The third kappa shape index (κ3) is 14.8. The van der Waals surface area contributed by atoms with Crippen molar-refractivity contribution in [2.24, 2.45) is 17.8 Å². The fourth-order valence-corrected chi connectivity index (χ4v) is 13.1. The Morgan fingerprint density at radius 3 is 2.28 bits per heavy atom. The summed E-state index contributed by atoms with van der Waals surface area (Å²) in [5, 5.41) is 41.6. The molecule has 7 rings (SSSR count). The number of carbonyl (C=O) groups excluding carboxylic acids is 2. The number of anilines is 1. The van der Waals surface area contributed by atoms with Crippen molar-refractivity contribution in [3.8, 4) is 0 Å². The van der Waals surface area contributed by atoms with Gasteiger partial charge in [-0.1, -0.05) is 32.4 Å². The second-order valence-corrected chi connectivity index (χ2v) is 24.8. The Kier molecular flexibility index (Phi) is 21.7. The topological polar surface area (TPSA) is 257 Å². The summed E-state index contributed by atoms with van der Waals surface area (Å²) in [6, 6.07) is 2.77. The first-order valence-electron chi connectivity index (χ1n) is 28.9. The SMILES string of the molecule is CC[C@H]1OC(=O)[C@H](C)[C@@H](OC2C[C@@](C)(OC)[C@@H](OCCNCCOCCNc3cc4c(=O)c(C(=O)O)cn(C5CC5)c4cc3Cl)[C@H](C)O2)[C@H](C)[C@@H](O[C@@H]2O[C@H](C)C[C@H](N(C)C)[C@H]2O)[C@](C)(O)C[C@@H](C)CN(C)[C@H](C)[C@@H]2OC(=O)O[C@]12C. The van der Waals surface area contributed by atoms with E-state index in [-0.39, 0.29) is 48.6 Å². The molecule has 0 radical (unpaired) electrons. The number of hydrogen-bond donors (Lipinski definition) is 5. The number of aromatic nitrogens is 1. The third-order valence-corrected chi connectivity index (χ3v) is 17.8. The molecule has 18 atom stereocenters. The number of aromatic carboxylic acids is 1. The number of rotatable bonds is 20. The van der Waals surface area contributed by atoms with E-state index in [9.17, 15) is 34.5 Å². The smallest absolute Gasteiger partial charge is 0.477 e. The quantitative estimate of drug-likeness (QED) is 0.0772. The summed E-state index contributed by atoms with van der Waals surface area (Å²) < 4.78 is 65.4. The van der Waals surface area contributed by atoms with Crippen LogP contribution in [0, 0.1) is 17.8 Å². The van der Waals surface area contributed by atoms with E-state index in [1.165, 1.54) is 6.20 Å². The number of benzene rings is 1. The number of cyclic esters (lactones) is 1. The number of likely N-dealkylation sites (N-methyl/N-ethyl adjacent to an activating group) is 2. The molecule has 1 aliphatic carbocycles. The molecule has 81 heavy (non-hydrogen) atoms. The van der Waals surface area contributed by atoms with Gasteiger partial charge in [-0.2, -0.15) is 0 Å². The number of ether oxygens (including phenoxy) is 10. The molecular formula is C58H92ClN5O17. The largest absolute Gasteiger partial charge is 0.509 e. The molecule has 0 amide bonds. The summed E-state index contributed by atoms with van der Waals surface area (Å²) in [7, 11) is 7.30. The summed E-state index contributed by atoms with van der Waals surface area (Å²) in [6.07, 6.45) is -4.75. The zero-order valence-electron chi connectivity index (χ0n) is 49.9. The predicted molar refractivity (Wildman–Crippen MR) is 302 cm³/mol. The Balaban J connectivity index is 1.01. The number of pyridine rings is 1. The standard InChI is InChI=1S/C58H92ClN5O17/c1-15-44-58(10)50(80-55(70)81-58)35(6)63(13)29-31(2)27-56(8,71)49(79-54-47(66)43(62(11)12)24-32(3)75-54)33(4)48(34(5)53(69)77-44)78-45-28-57(9,72-14)51(36(7)76-45)74-23-19-60-18-21-73-22-20-61-41-25-38-42(26-40(41)59)64(37-16-17-37)30-39(46(38)65)52(67)68/h25-26,30-37,43-45,47-51,54,60-61,66,71H,15-24,27-29H2,1-14H3,(H,67,68)/t31-,32-,33+,34-,35-,36+,43+,44-,45?,47-,48+,49-,50+,51+,54+,56-,57-,58-/m1/s1. The highest BCUT2D eigenvalue weighted by Crippen LogP contribution is 2.43. The van der Waals surface area contributed by atoms with Gasteiger partial charge in [-0.25, -0.2) is 9.59 Å². The van der Waals surface area contributed by atoms with Gasteiger partial charge in [-0.3, -0.25) is 14.5 Å². The van der Waals surface area contributed by atoms with E-state index in [1.807, 2.05) is 79.1 Å². The van der Waals surface area contributed by atoms with Crippen LogP contribution in [0.4, 0.5) is 10.5 Å². The molecule has 4 saturated heterocycles. The number of carboxylic acid groups (broad SMARTS) is 1. The number of hydrogen-bond acceptors (Lipinski definition) is 20. The molecule has 0 bridgehead atoms. The molecule has 5 heterocycles. The van der Waals surface area contributed by atoms with Crippen molar-refractivity contribution in [3.05, 3.63) is 39.1 Å². The molecule has 1 saturated carbocycles. The van der Waals surface area contributed by atoms with Crippen LogP contribution in [-0.2, 0) is 52.2 Å². The second kappa shape index (κ2) is 27.1. The minimum Gasteiger partial charge on any atom is -0.477 e. The highest BCUT2D eigenvalue weighted by atomic mass is 35.5. The number of carbonyl (C=O) groups is 3. The van der Waals surface area contributed by atoms with Gasteiger partial charge in [0.25, 0.3) is 0 Å². The van der Waals surface area contributed by atoms with E-state index in [1.54, 1.807) is 40.0 Å². The molecule has 2 aromatic rings. The van der Waals surface area contributed by atoms with Gasteiger partial charge in [0.05, 0.1) is 77.6 Å². The Morgan fingerprint density at radius 2 is 1.63 bits per heavy atom. The van der Waals surface area contributed by atoms with Gasteiger partial charge in [0.2, 0.25) is 5.43 Å². The third-order valence-electron chi connectivity index (χ3n) is 17.5. The van der Waals surface area contributed by atoms with E-state index < -0.39 is 107 Å². The molecule has 458 valence electrons. The predicted octanol–water partition coefficient (Wildman–Crippen LogP) is 5.83. The number of nitrogens with one attached hydrogen (secondary N) is 2. The number of esters is 1. The van der Waals surface area contributed by atoms with Crippen molar-refractivity contribution in [2.75, 3.05) is 79.6 Å². The van der Waals surface area contributed by atoms with Gasteiger partial charge >= 0.3 is 18.1 Å². The molecule has 5 aliphatic rings. The number of nitrogens with zero attached hydrogens (tertiary/aromatic N) is 3. The fraction of sp³-hybridized carbons (Fsp3) is 0.793. The lowest BCUT2D eigenvalue weighted by atomic mass is 9.77. The van der Waals surface area contributed by atoms with Crippen LogP contribution in [0.1, 0.15) is 124 Å². The van der Waals surface area contributed by atoms with E-state index in [0.29, 0.717) is 80.5 Å². The van der Waals surface area contributed by atoms with Gasteiger partial charge < -0.3 is 82.8 Å². The lowest BCUT2D eigenvalue weighted by molar-refractivity contribution is -0.320. The number of carboxylic acids is 1. The minimum absolute atomic E-state index is 0.143. The molecule has 5 fully saturated rings. The first-order chi connectivity index (χ1) is 38.1. The van der Waals surface area contributed by atoms with Crippen molar-refractivity contribution in [3.63, 3.8) is 0 Å². The number of methoxy groups -OCH3 is 1. The molecule has 4 aliphatic heterocycles. The number of aliphatic hydroxyl groups is 2. The lowest BCUT2D eigenvalue weighted by Gasteiger charge is -2.49. The number of fused-ring (bicyclic) bond motifs is 2. The van der Waals surface area contributed by atoms with Crippen molar-refractivity contribution in [2.45, 2.75) is 204 Å². The summed E-state index contributed by atoms with van der Waals surface area (Å²) >= 11 is 6.62. The van der Waals surface area contributed by atoms with Crippen LogP contribution >= 0.6 is 11.6 Å². The van der Waals surface area contributed by atoms with Crippen LogP contribution in [0.25, 0.3) is 10.9 Å². The summed E-state index contributed by atoms with van der Waals surface area (Å²) in [6.45, 7) is 21.5. The van der Waals surface area contributed by atoms with Gasteiger partial charge in [-0.15, -0.1) is 0 Å². The van der Waals surface area contributed by atoms with Crippen LogP contribution in [0.3, 0.4) is 0 Å². The molecule has 1 unspecified atom stereocenters. The second-order valence-electron chi connectivity index (χ2n) is 24.4. The van der Waals surface area contributed by atoms with Crippen molar-refractivity contribution in [1.82, 2.24) is 19.7 Å². The summed E-state index contributed by atoms with van der Waals surface area (Å²) in [5.74, 6) is -3.86. The molecule has 23 heteroatoms. The Bertz CT molecular complexity index is 2540. The van der Waals surface area contributed by atoms with Crippen LogP contribution < -0.4 is 16.1 Å². The normalized spacial score (nSPS) is 37.5. The lowest BCUT2D eigenvalue weighted by Crippen LogP contribution is -2.61. The maximum Gasteiger partial charge on any atom is 0.509 e. The van der Waals surface area contributed by atoms with Gasteiger partial charge in [-0.05, 0) is 120 Å². The van der Waals surface area contributed by atoms with Crippen molar-refractivity contribution in [1.29, 1.82) is 0 Å². The molecule has 1 aromatic heterocycles. The van der Waals surface area contributed by atoms with Gasteiger partial charge in [0.15, 0.2) is 24.3 Å². The fourth-order valence-electron chi connectivity index (χ4n) is 12.8. The summed E-state index contributed by atoms with van der Waals surface area (Å²) in [5.41, 5.74) is -3.58. The molecule has 0 spiro atoms. The van der Waals surface area contributed by atoms with Crippen molar-refractivity contribution >= 4 is 46.3 Å². The first-order valence-corrected chi connectivity index (χ1v) is 29.3. The molecule has 1 aromatic carbocycles. The summed E-state index contributed by atoms with van der Waals surface area (Å²) in [4.78, 5) is 56.7. The van der Waals surface area contributed by atoms with Crippen LogP contribution in [0.2, 0.25) is 5.02 Å². The molecule has 5 N–H and O–H groups in total. The van der Waals surface area contributed by atoms with E-state index in [2.05, 4.69) is 15.5 Å². The average molecular weight is 1170 g/mol. The van der Waals surface area contributed by atoms with E-state index in [4.69, 9.17) is 59.0 Å². The monoisotopic (exact) mass is 1170 g/mol. The molecule has 22 nitrogen and oxygen atoms in total.